The Bertz CT molecular complexity index is 1270. The second-order valence-corrected chi connectivity index (χ2v) is 10.3. The van der Waals surface area contributed by atoms with Crippen molar-refractivity contribution in [1.29, 1.82) is 0 Å². The summed E-state index contributed by atoms with van der Waals surface area (Å²) in [6.07, 6.45) is 0. The van der Waals surface area contributed by atoms with E-state index in [0.29, 0.717) is 16.3 Å². The predicted octanol–water partition coefficient (Wildman–Crippen LogP) is 6.63. The van der Waals surface area contributed by atoms with Gasteiger partial charge in [0.05, 0.1) is 15.5 Å². The highest BCUT2D eigenvalue weighted by Gasteiger charge is 2.17. The van der Waals surface area contributed by atoms with Crippen molar-refractivity contribution in [2.45, 2.75) is 23.4 Å². The lowest BCUT2D eigenvalue weighted by atomic mass is 10.2. The summed E-state index contributed by atoms with van der Waals surface area (Å²) < 4.78 is 1.74. The van der Waals surface area contributed by atoms with E-state index in [9.17, 15) is 9.59 Å². The Hall–Kier alpha value is -2.87. The molecule has 3 aromatic carbocycles. The quantitative estimate of drug-likeness (QED) is 0.303. The van der Waals surface area contributed by atoms with Gasteiger partial charge in [-0.05, 0) is 68.4 Å². The normalized spacial score (nSPS) is 11.8. The van der Waals surface area contributed by atoms with Gasteiger partial charge in [-0.2, -0.15) is 0 Å². The number of fused-ring (bicyclic) bond motifs is 1. The molecule has 0 spiro atoms. The molecular weight excluding hydrogens is 462 g/mol. The van der Waals surface area contributed by atoms with Gasteiger partial charge in [-0.15, -0.1) is 11.3 Å². The minimum absolute atomic E-state index is 0.0750. The number of aryl methyl sites for hydroxylation is 1. The minimum atomic E-state index is -0.305. The number of nitrogens with one attached hydrogen (secondary N) is 2. The van der Waals surface area contributed by atoms with Gasteiger partial charge in [0.2, 0.25) is 5.91 Å². The fraction of sp³-hybridized carbons (Fsp3) is 0.125. The zero-order chi connectivity index (χ0) is 22.7. The van der Waals surface area contributed by atoms with Crippen molar-refractivity contribution in [3.8, 4) is 0 Å². The number of rotatable bonds is 6. The lowest BCUT2D eigenvalue weighted by molar-refractivity contribution is -0.115. The molecule has 0 saturated heterocycles. The van der Waals surface area contributed by atoms with Crippen LogP contribution >= 0.6 is 34.7 Å². The molecule has 0 aliphatic heterocycles. The number of hydrogen-bond acceptors (Lipinski definition) is 5. The van der Waals surface area contributed by atoms with Crippen LogP contribution < -0.4 is 10.6 Å². The molecule has 162 valence electrons. The Morgan fingerprint density at radius 2 is 1.66 bits per heavy atom. The van der Waals surface area contributed by atoms with Crippen molar-refractivity contribution in [3.63, 3.8) is 0 Å². The third-order valence-electron chi connectivity index (χ3n) is 4.70. The first kappa shape index (κ1) is 22.3. The molecular formula is C24H20ClN3O2S2. The van der Waals surface area contributed by atoms with Crippen molar-refractivity contribution < 1.29 is 9.59 Å². The third kappa shape index (κ3) is 5.48. The molecule has 0 aliphatic carbocycles. The SMILES string of the molecule is Cc1ccc(NC(=O)[C@@H](C)Sc2nc3ccc(NC(=O)c4ccc(Cl)cc4)cc3s2)cc1. The van der Waals surface area contributed by atoms with Crippen LogP contribution in [0, 0.1) is 6.92 Å². The second kappa shape index (κ2) is 9.73. The fourth-order valence-electron chi connectivity index (χ4n) is 2.92. The number of thiazole rings is 1. The molecule has 2 amide bonds. The third-order valence-corrected chi connectivity index (χ3v) is 7.16. The molecule has 32 heavy (non-hydrogen) atoms. The Balaban J connectivity index is 1.42. The summed E-state index contributed by atoms with van der Waals surface area (Å²) in [6.45, 7) is 3.86. The summed E-state index contributed by atoms with van der Waals surface area (Å²) in [7, 11) is 0. The summed E-state index contributed by atoms with van der Waals surface area (Å²) in [5, 5.41) is 6.11. The van der Waals surface area contributed by atoms with Gasteiger partial charge < -0.3 is 10.6 Å². The van der Waals surface area contributed by atoms with E-state index < -0.39 is 0 Å². The molecule has 4 rings (SSSR count). The van der Waals surface area contributed by atoms with Crippen LogP contribution in [0.25, 0.3) is 10.2 Å². The van der Waals surface area contributed by atoms with E-state index in [1.165, 1.54) is 23.1 Å². The first-order valence-electron chi connectivity index (χ1n) is 9.89. The second-order valence-electron chi connectivity index (χ2n) is 7.24. The van der Waals surface area contributed by atoms with Crippen LogP contribution in [0.5, 0.6) is 0 Å². The maximum absolute atomic E-state index is 12.5. The molecule has 0 unspecified atom stereocenters. The van der Waals surface area contributed by atoms with Gasteiger partial charge in [-0.1, -0.05) is 41.1 Å². The van der Waals surface area contributed by atoms with Gasteiger partial charge in [-0.3, -0.25) is 9.59 Å². The van der Waals surface area contributed by atoms with Crippen molar-refractivity contribution >= 4 is 68.1 Å². The zero-order valence-electron chi connectivity index (χ0n) is 17.4. The van der Waals surface area contributed by atoms with E-state index in [1.54, 1.807) is 24.3 Å². The van der Waals surface area contributed by atoms with E-state index in [0.717, 1.165) is 25.8 Å². The molecule has 0 bridgehead atoms. The van der Waals surface area contributed by atoms with Gasteiger partial charge in [-0.25, -0.2) is 4.98 Å². The van der Waals surface area contributed by atoms with E-state index >= 15 is 0 Å². The van der Waals surface area contributed by atoms with Crippen molar-refractivity contribution in [3.05, 3.63) is 82.9 Å². The Kier molecular flexibility index (Phi) is 6.79. The van der Waals surface area contributed by atoms with Crippen LogP contribution in [0.15, 0.2) is 71.1 Å². The standard InChI is InChI=1S/C24H20ClN3O2S2/c1-14-3-9-18(10-4-14)26-22(29)15(2)31-24-28-20-12-11-19(13-21(20)32-24)27-23(30)16-5-7-17(25)8-6-16/h3-13,15H,1-2H3,(H,26,29)(H,27,30)/t15-/m1/s1. The number of benzene rings is 3. The predicted molar refractivity (Wildman–Crippen MR) is 134 cm³/mol. The summed E-state index contributed by atoms with van der Waals surface area (Å²) in [5.41, 5.74) is 3.96. The first-order chi connectivity index (χ1) is 15.4. The van der Waals surface area contributed by atoms with Crippen LogP contribution in [0.2, 0.25) is 5.02 Å². The molecule has 1 heterocycles. The highest BCUT2D eigenvalue weighted by Crippen LogP contribution is 2.34. The Morgan fingerprint density at radius 1 is 0.969 bits per heavy atom. The number of hydrogen-bond donors (Lipinski definition) is 2. The number of halogens is 1. The molecule has 8 heteroatoms. The smallest absolute Gasteiger partial charge is 0.255 e. The van der Waals surface area contributed by atoms with Crippen LogP contribution in [-0.4, -0.2) is 22.0 Å². The molecule has 5 nitrogen and oxygen atoms in total. The number of amides is 2. The van der Waals surface area contributed by atoms with Crippen LogP contribution in [0.4, 0.5) is 11.4 Å². The average molecular weight is 482 g/mol. The number of nitrogens with zero attached hydrogens (tertiary/aromatic N) is 1. The minimum Gasteiger partial charge on any atom is -0.325 e. The number of carbonyl (C=O) groups excluding carboxylic acids is 2. The van der Waals surface area contributed by atoms with E-state index in [4.69, 9.17) is 11.6 Å². The van der Waals surface area contributed by atoms with Crippen molar-refractivity contribution in [2.24, 2.45) is 0 Å². The largest absolute Gasteiger partial charge is 0.325 e. The highest BCUT2D eigenvalue weighted by atomic mass is 35.5. The first-order valence-corrected chi connectivity index (χ1v) is 12.0. The molecule has 0 aliphatic rings. The van der Waals surface area contributed by atoms with Crippen LogP contribution in [0.3, 0.4) is 0 Å². The molecule has 4 aromatic rings. The zero-order valence-corrected chi connectivity index (χ0v) is 19.8. The molecule has 2 N–H and O–H groups in total. The molecule has 1 atom stereocenters. The highest BCUT2D eigenvalue weighted by molar-refractivity contribution is 8.02. The van der Waals surface area contributed by atoms with E-state index in [-0.39, 0.29) is 17.1 Å². The summed E-state index contributed by atoms with van der Waals surface area (Å²) in [4.78, 5) is 29.6. The number of carbonyl (C=O) groups is 2. The summed E-state index contributed by atoms with van der Waals surface area (Å²) in [5.74, 6) is -0.282. The Morgan fingerprint density at radius 3 is 2.38 bits per heavy atom. The maximum atomic E-state index is 12.5. The molecule has 0 radical (unpaired) electrons. The van der Waals surface area contributed by atoms with Crippen molar-refractivity contribution in [2.75, 3.05) is 10.6 Å². The number of anilines is 2. The summed E-state index contributed by atoms with van der Waals surface area (Å²) >= 11 is 8.79. The van der Waals surface area contributed by atoms with E-state index in [2.05, 4.69) is 15.6 Å². The number of aromatic nitrogens is 1. The van der Waals surface area contributed by atoms with E-state index in [1.807, 2.05) is 56.3 Å². The molecule has 0 saturated carbocycles. The fourth-order valence-corrected chi connectivity index (χ4v) is 5.30. The topological polar surface area (TPSA) is 71.1 Å². The monoisotopic (exact) mass is 481 g/mol. The Labute approximate surface area is 199 Å². The lowest BCUT2D eigenvalue weighted by Gasteiger charge is -2.10. The van der Waals surface area contributed by atoms with Gasteiger partial charge in [0.1, 0.15) is 0 Å². The van der Waals surface area contributed by atoms with Gasteiger partial charge in [0.15, 0.2) is 4.34 Å². The van der Waals surface area contributed by atoms with Crippen LogP contribution in [0.1, 0.15) is 22.8 Å². The molecule has 0 fully saturated rings. The van der Waals surface area contributed by atoms with Gasteiger partial charge in [0, 0.05) is 22.0 Å². The van der Waals surface area contributed by atoms with Crippen LogP contribution in [-0.2, 0) is 4.79 Å². The van der Waals surface area contributed by atoms with Gasteiger partial charge in [0.25, 0.3) is 5.91 Å². The number of thioether (sulfide) groups is 1. The van der Waals surface area contributed by atoms with Gasteiger partial charge >= 0.3 is 0 Å². The molecule has 1 aromatic heterocycles. The maximum Gasteiger partial charge on any atom is 0.255 e. The summed E-state index contributed by atoms with van der Waals surface area (Å²) in [6, 6.07) is 20.0. The average Bonchev–Trinajstić information content (AvgIpc) is 3.17. The lowest BCUT2D eigenvalue weighted by Crippen LogP contribution is -2.22. The van der Waals surface area contributed by atoms with Crippen molar-refractivity contribution in [1.82, 2.24) is 4.98 Å².